The summed E-state index contributed by atoms with van der Waals surface area (Å²) < 4.78 is 19.8. The monoisotopic (exact) mass is 291 g/mol. The zero-order valence-corrected chi connectivity index (χ0v) is 12.2. The molecule has 0 aliphatic rings. The number of aliphatic hydroxyl groups is 1. The maximum Gasteiger partial charge on any atom is 0.138 e. The molecule has 1 atom stereocenters. The van der Waals surface area contributed by atoms with Gasteiger partial charge in [-0.1, -0.05) is 12.1 Å². The smallest absolute Gasteiger partial charge is 0.138 e. The summed E-state index contributed by atoms with van der Waals surface area (Å²) >= 11 is 0. The largest absolute Gasteiger partial charge is 0.384 e. The van der Waals surface area contributed by atoms with Gasteiger partial charge in [0.15, 0.2) is 0 Å². The molecule has 21 heavy (non-hydrogen) atoms. The van der Waals surface area contributed by atoms with Gasteiger partial charge in [-0.15, -0.1) is 0 Å². The number of ether oxygens (including phenoxy) is 1. The third-order valence-electron chi connectivity index (χ3n) is 3.33. The average Bonchev–Trinajstić information content (AvgIpc) is 3.00. The molecule has 2 aromatic rings. The van der Waals surface area contributed by atoms with E-state index >= 15 is 0 Å². The maximum atomic E-state index is 13.0. The molecule has 0 aliphatic carbocycles. The first-order chi connectivity index (χ1) is 9.94. The molecular weight excluding hydrogens is 273 g/mol. The second-order valence-corrected chi connectivity index (χ2v) is 5.17. The van der Waals surface area contributed by atoms with Crippen LogP contribution in [0.4, 0.5) is 4.39 Å². The molecular formula is C15H18FN3O2. The molecule has 0 fully saturated rings. The lowest BCUT2D eigenvalue weighted by Crippen LogP contribution is -2.40. The molecule has 1 heterocycles. The molecule has 1 unspecified atom stereocenters. The highest BCUT2D eigenvalue weighted by Crippen LogP contribution is 2.25. The molecule has 2 rings (SSSR count). The number of benzene rings is 1. The molecule has 0 bridgehead atoms. The summed E-state index contributed by atoms with van der Waals surface area (Å²) in [5, 5.41) is 14.6. The number of aliphatic hydroxyl groups excluding tert-OH is 1. The van der Waals surface area contributed by atoms with E-state index in [1.807, 2.05) is 0 Å². The van der Waals surface area contributed by atoms with Gasteiger partial charge in [-0.25, -0.2) is 14.1 Å². The van der Waals surface area contributed by atoms with Gasteiger partial charge in [0.2, 0.25) is 0 Å². The second-order valence-electron chi connectivity index (χ2n) is 5.17. The van der Waals surface area contributed by atoms with Gasteiger partial charge in [-0.2, -0.15) is 5.10 Å². The highest BCUT2D eigenvalue weighted by Gasteiger charge is 2.32. The van der Waals surface area contributed by atoms with E-state index in [9.17, 15) is 9.50 Å². The zero-order chi connectivity index (χ0) is 15.5. The molecule has 0 saturated carbocycles. The van der Waals surface area contributed by atoms with E-state index in [4.69, 9.17) is 4.74 Å². The van der Waals surface area contributed by atoms with Gasteiger partial charge in [-0.3, -0.25) is 0 Å². The van der Waals surface area contributed by atoms with E-state index in [-0.39, 0.29) is 5.82 Å². The Hall–Kier alpha value is -2.05. The van der Waals surface area contributed by atoms with Crippen molar-refractivity contribution in [1.29, 1.82) is 0 Å². The van der Waals surface area contributed by atoms with Crippen molar-refractivity contribution in [2.75, 3.05) is 7.11 Å². The van der Waals surface area contributed by atoms with Gasteiger partial charge in [0.05, 0.1) is 11.3 Å². The minimum absolute atomic E-state index is 0.313. The molecule has 1 N–H and O–H groups in total. The van der Waals surface area contributed by atoms with Crippen molar-refractivity contribution in [3.8, 4) is 0 Å². The minimum atomic E-state index is -0.936. The lowest BCUT2D eigenvalue weighted by Gasteiger charge is -2.30. The van der Waals surface area contributed by atoms with Crippen LogP contribution >= 0.6 is 0 Å². The molecule has 112 valence electrons. The third-order valence-corrected chi connectivity index (χ3v) is 3.33. The van der Waals surface area contributed by atoms with Gasteiger partial charge >= 0.3 is 0 Å². The number of hydrogen-bond donors (Lipinski definition) is 1. The highest BCUT2D eigenvalue weighted by molar-refractivity contribution is 5.73. The van der Waals surface area contributed by atoms with Crippen LogP contribution < -0.4 is 0 Å². The van der Waals surface area contributed by atoms with Gasteiger partial charge in [0.25, 0.3) is 0 Å². The summed E-state index contributed by atoms with van der Waals surface area (Å²) in [5.74, 6) is -0.313. The molecule has 0 saturated heterocycles. The Bertz CT molecular complexity index is 606. The van der Waals surface area contributed by atoms with Gasteiger partial charge < -0.3 is 9.84 Å². The maximum absolute atomic E-state index is 13.0. The van der Waals surface area contributed by atoms with Gasteiger partial charge in [0, 0.05) is 7.11 Å². The first kappa shape index (κ1) is 15.3. The Labute approximate surface area is 122 Å². The van der Waals surface area contributed by atoms with Crippen LogP contribution in [0.1, 0.15) is 19.4 Å². The predicted molar refractivity (Wildman–Crippen MR) is 77.7 cm³/mol. The summed E-state index contributed by atoms with van der Waals surface area (Å²) in [6.07, 6.45) is 3.66. The highest BCUT2D eigenvalue weighted by atomic mass is 19.1. The first-order valence-corrected chi connectivity index (χ1v) is 6.49. The Morgan fingerprint density at radius 2 is 2.05 bits per heavy atom. The van der Waals surface area contributed by atoms with E-state index in [2.05, 4.69) is 10.1 Å². The number of nitrogens with zero attached hydrogens (tertiary/aromatic N) is 3. The summed E-state index contributed by atoms with van der Waals surface area (Å²) in [5.41, 5.74) is 0.427. The summed E-state index contributed by atoms with van der Waals surface area (Å²) in [4.78, 5) is 3.89. The lowest BCUT2D eigenvalue weighted by atomic mass is 9.97. The summed E-state index contributed by atoms with van der Waals surface area (Å²) in [6, 6.07) is 5.97. The lowest BCUT2D eigenvalue weighted by molar-refractivity contribution is -0.0539. The predicted octanol–water partition coefficient (Wildman–Crippen LogP) is 2.20. The molecule has 6 heteroatoms. The number of aromatic nitrogens is 3. The number of hydrogen-bond acceptors (Lipinski definition) is 4. The van der Waals surface area contributed by atoms with Crippen molar-refractivity contribution < 1.29 is 14.2 Å². The van der Waals surface area contributed by atoms with Crippen LogP contribution in [-0.4, -0.2) is 38.7 Å². The molecule has 0 radical (unpaired) electrons. The van der Waals surface area contributed by atoms with Gasteiger partial charge in [-0.05, 0) is 37.6 Å². The van der Waals surface area contributed by atoms with Crippen LogP contribution in [0.2, 0.25) is 0 Å². The molecule has 0 aliphatic heterocycles. The number of halogens is 1. The van der Waals surface area contributed by atoms with Crippen LogP contribution in [0, 0.1) is 5.82 Å². The standard InChI is InChI=1S/C15H18FN3O2/c1-15(2,21-3)14(20)13(19-10-17-9-18-19)8-11-4-6-12(16)7-5-11/h4-10,14,20H,1-3H3/b13-8-. The third kappa shape index (κ3) is 3.53. The fourth-order valence-electron chi connectivity index (χ4n) is 1.81. The topological polar surface area (TPSA) is 60.2 Å². The van der Waals surface area contributed by atoms with Crippen LogP contribution in [0.5, 0.6) is 0 Å². The van der Waals surface area contributed by atoms with Crippen molar-refractivity contribution in [1.82, 2.24) is 14.8 Å². The number of methoxy groups -OCH3 is 1. The fourth-order valence-corrected chi connectivity index (χ4v) is 1.81. The van der Waals surface area contributed by atoms with Crippen LogP contribution in [0.3, 0.4) is 0 Å². The van der Waals surface area contributed by atoms with Crippen molar-refractivity contribution in [3.63, 3.8) is 0 Å². The molecule has 0 amide bonds. The second kappa shape index (κ2) is 6.15. The van der Waals surface area contributed by atoms with E-state index in [0.29, 0.717) is 5.70 Å². The van der Waals surface area contributed by atoms with E-state index in [1.165, 1.54) is 36.6 Å². The normalized spacial score (nSPS) is 14.2. The molecule has 5 nitrogen and oxygen atoms in total. The van der Waals surface area contributed by atoms with Gasteiger partial charge in [0.1, 0.15) is 24.6 Å². The zero-order valence-electron chi connectivity index (χ0n) is 12.2. The van der Waals surface area contributed by atoms with Crippen molar-refractivity contribution in [3.05, 3.63) is 48.3 Å². The van der Waals surface area contributed by atoms with Crippen molar-refractivity contribution >= 4 is 11.8 Å². The van der Waals surface area contributed by atoms with E-state index in [0.717, 1.165) is 5.56 Å². The Morgan fingerprint density at radius 3 is 2.57 bits per heavy atom. The SMILES string of the molecule is COC(C)(C)C(O)/C(=C/c1ccc(F)cc1)n1cncn1. The average molecular weight is 291 g/mol. The van der Waals surface area contributed by atoms with Crippen LogP contribution in [0.15, 0.2) is 36.9 Å². The molecule has 1 aromatic carbocycles. The fraction of sp³-hybridized carbons (Fsp3) is 0.333. The van der Waals surface area contributed by atoms with Crippen LogP contribution in [0.25, 0.3) is 11.8 Å². The van der Waals surface area contributed by atoms with Crippen molar-refractivity contribution in [2.24, 2.45) is 0 Å². The van der Waals surface area contributed by atoms with Crippen molar-refractivity contribution in [2.45, 2.75) is 25.6 Å². The number of rotatable bonds is 5. The Kier molecular flexibility index (Phi) is 4.50. The van der Waals surface area contributed by atoms with E-state index < -0.39 is 11.7 Å². The Balaban J connectivity index is 2.44. The van der Waals surface area contributed by atoms with Crippen LogP contribution in [-0.2, 0) is 4.74 Å². The van der Waals surface area contributed by atoms with E-state index in [1.54, 1.807) is 32.1 Å². The molecule has 0 spiro atoms. The first-order valence-electron chi connectivity index (χ1n) is 6.49. The molecule has 1 aromatic heterocycles. The minimum Gasteiger partial charge on any atom is -0.384 e. The summed E-state index contributed by atoms with van der Waals surface area (Å²) in [7, 11) is 1.53. The Morgan fingerprint density at radius 1 is 1.38 bits per heavy atom. The summed E-state index contributed by atoms with van der Waals surface area (Å²) in [6.45, 7) is 3.54. The quantitative estimate of drug-likeness (QED) is 0.917.